The van der Waals surface area contributed by atoms with E-state index in [4.69, 9.17) is 5.73 Å². The largest absolute Gasteiger partial charge is 0.364 e. The summed E-state index contributed by atoms with van der Waals surface area (Å²) < 4.78 is 1.77. The van der Waals surface area contributed by atoms with Gasteiger partial charge in [0.05, 0.1) is 0 Å². The summed E-state index contributed by atoms with van der Waals surface area (Å²) in [6.45, 7) is 3.84. The van der Waals surface area contributed by atoms with Crippen molar-refractivity contribution >= 4 is 17.5 Å². The van der Waals surface area contributed by atoms with E-state index < -0.39 is 5.91 Å². The molecule has 0 aromatic carbocycles. The number of amides is 2. The average Bonchev–Trinajstić information content (AvgIpc) is 2.84. The van der Waals surface area contributed by atoms with Crippen LogP contribution >= 0.6 is 0 Å². The van der Waals surface area contributed by atoms with E-state index in [1.54, 1.807) is 10.7 Å². The summed E-state index contributed by atoms with van der Waals surface area (Å²) in [5.41, 5.74) is 8.76. The number of carbonyl (C=O) groups excluding carboxylic acids is 2. The van der Waals surface area contributed by atoms with Gasteiger partial charge in [0.1, 0.15) is 6.33 Å². The topological polar surface area (TPSA) is 102 Å². The lowest BCUT2D eigenvalue weighted by Crippen LogP contribution is -2.34. The van der Waals surface area contributed by atoms with Crippen LogP contribution in [-0.2, 0) is 11.2 Å². The molecule has 0 atom stereocenters. The second-order valence-electron chi connectivity index (χ2n) is 7.17. The lowest BCUT2D eigenvalue weighted by Gasteiger charge is -2.17. The third-order valence-electron chi connectivity index (χ3n) is 5.31. The summed E-state index contributed by atoms with van der Waals surface area (Å²) in [5, 5.41) is 3.18. The molecule has 26 heavy (non-hydrogen) atoms. The van der Waals surface area contributed by atoms with Crippen LogP contribution in [0.5, 0.6) is 0 Å². The normalized spacial score (nSPS) is 15.8. The fraction of sp³-hybridized carbons (Fsp3) is 0.579. The van der Waals surface area contributed by atoms with Crippen LogP contribution in [0.1, 0.15) is 72.4 Å². The Hall–Kier alpha value is -2.44. The maximum absolute atomic E-state index is 12.4. The molecular formula is C19H27N5O2. The Morgan fingerprint density at radius 2 is 1.92 bits per heavy atom. The van der Waals surface area contributed by atoms with Crippen molar-refractivity contribution in [1.29, 1.82) is 0 Å². The summed E-state index contributed by atoms with van der Waals surface area (Å²) in [4.78, 5) is 32.4. The number of rotatable bonds is 5. The van der Waals surface area contributed by atoms with Gasteiger partial charge in [-0.1, -0.05) is 25.7 Å². The van der Waals surface area contributed by atoms with E-state index in [9.17, 15) is 9.59 Å². The van der Waals surface area contributed by atoms with Gasteiger partial charge in [0, 0.05) is 23.9 Å². The van der Waals surface area contributed by atoms with E-state index in [0.29, 0.717) is 24.5 Å². The SMILES string of the molecule is Cc1nc2c(C(N)=O)ncn2c(C)c1CCC(=O)NC1CCCCCC1. The van der Waals surface area contributed by atoms with Gasteiger partial charge in [-0.15, -0.1) is 0 Å². The van der Waals surface area contributed by atoms with Crippen LogP contribution in [0.15, 0.2) is 6.33 Å². The van der Waals surface area contributed by atoms with Crippen LogP contribution in [0, 0.1) is 13.8 Å². The maximum atomic E-state index is 12.4. The van der Waals surface area contributed by atoms with E-state index in [0.717, 1.165) is 29.8 Å². The zero-order chi connectivity index (χ0) is 18.7. The lowest BCUT2D eigenvalue weighted by atomic mass is 10.0. The van der Waals surface area contributed by atoms with Crippen molar-refractivity contribution in [3.63, 3.8) is 0 Å². The molecule has 0 aliphatic heterocycles. The third-order valence-corrected chi connectivity index (χ3v) is 5.31. The average molecular weight is 357 g/mol. The molecular weight excluding hydrogens is 330 g/mol. The van der Waals surface area contributed by atoms with Gasteiger partial charge >= 0.3 is 0 Å². The third kappa shape index (κ3) is 3.86. The maximum Gasteiger partial charge on any atom is 0.271 e. The Kier molecular flexibility index (Phi) is 5.54. The predicted molar refractivity (Wildman–Crippen MR) is 98.9 cm³/mol. The molecule has 1 aliphatic rings. The number of fused-ring (bicyclic) bond motifs is 1. The van der Waals surface area contributed by atoms with Gasteiger partial charge in [-0.2, -0.15) is 0 Å². The molecule has 2 aromatic heterocycles. The van der Waals surface area contributed by atoms with Crippen molar-refractivity contribution < 1.29 is 9.59 Å². The van der Waals surface area contributed by atoms with E-state index in [-0.39, 0.29) is 11.6 Å². The summed E-state index contributed by atoms with van der Waals surface area (Å²) in [6, 6.07) is 0.319. The number of primary amides is 1. The van der Waals surface area contributed by atoms with Gasteiger partial charge in [0.25, 0.3) is 5.91 Å². The minimum Gasteiger partial charge on any atom is -0.364 e. The van der Waals surface area contributed by atoms with E-state index >= 15 is 0 Å². The Balaban J connectivity index is 1.70. The molecule has 7 heteroatoms. The number of hydrogen-bond donors (Lipinski definition) is 2. The van der Waals surface area contributed by atoms with E-state index in [1.165, 1.54) is 25.7 Å². The fourth-order valence-electron chi connectivity index (χ4n) is 3.83. The molecule has 3 rings (SSSR count). The van der Waals surface area contributed by atoms with Crippen LogP contribution < -0.4 is 11.1 Å². The van der Waals surface area contributed by atoms with Crippen LogP contribution in [-0.4, -0.2) is 32.2 Å². The standard InChI is InChI=1S/C19H27N5O2/c1-12-15(9-10-16(25)23-14-7-5-3-4-6-8-14)13(2)24-11-21-17(18(20)26)19(24)22-12/h11,14H,3-10H2,1-2H3,(H2,20,26)(H,23,25). The smallest absolute Gasteiger partial charge is 0.271 e. The summed E-state index contributed by atoms with van der Waals surface area (Å²) in [7, 11) is 0. The number of aromatic nitrogens is 3. The van der Waals surface area contributed by atoms with Crippen molar-refractivity contribution in [2.24, 2.45) is 5.73 Å². The molecule has 2 aromatic rings. The zero-order valence-corrected chi connectivity index (χ0v) is 15.5. The number of nitrogens with one attached hydrogen (secondary N) is 1. The van der Waals surface area contributed by atoms with Gasteiger partial charge in [-0.3, -0.25) is 14.0 Å². The Morgan fingerprint density at radius 1 is 1.23 bits per heavy atom. The molecule has 0 bridgehead atoms. The van der Waals surface area contributed by atoms with Crippen LogP contribution in [0.4, 0.5) is 0 Å². The molecule has 1 fully saturated rings. The quantitative estimate of drug-likeness (QED) is 0.801. The van der Waals surface area contributed by atoms with Crippen molar-refractivity contribution in [3.8, 4) is 0 Å². The molecule has 1 aliphatic carbocycles. The van der Waals surface area contributed by atoms with Gasteiger partial charge in [0.15, 0.2) is 11.3 Å². The molecule has 2 amide bonds. The summed E-state index contributed by atoms with van der Waals surface area (Å²) in [6.07, 6.45) is 9.73. The van der Waals surface area contributed by atoms with Crippen molar-refractivity contribution in [1.82, 2.24) is 19.7 Å². The Morgan fingerprint density at radius 3 is 2.58 bits per heavy atom. The Labute approximate surface area is 153 Å². The molecule has 140 valence electrons. The second-order valence-corrected chi connectivity index (χ2v) is 7.17. The van der Waals surface area contributed by atoms with Gasteiger partial charge in [0.2, 0.25) is 5.91 Å². The molecule has 7 nitrogen and oxygen atoms in total. The summed E-state index contributed by atoms with van der Waals surface area (Å²) >= 11 is 0. The van der Waals surface area contributed by atoms with Gasteiger partial charge < -0.3 is 11.1 Å². The fourth-order valence-corrected chi connectivity index (χ4v) is 3.83. The van der Waals surface area contributed by atoms with Crippen LogP contribution in [0.25, 0.3) is 5.65 Å². The first-order chi connectivity index (χ1) is 12.5. The molecule has 2 heterocycles. The highest BCUT2D eigenvalue weighted by Crippen LogP contribution is 2.20. The van der Waals surface area contributed by atoms with Gasteiger partial charge in [-0.05, 0) is 38.7 Å². The van der Waals surface area contributed by atoms with Crippen molar-refractivity contribution in [2.45, 2.75) is 71.3 Å². The number of imidazole rings is 1. The summed E-state index contributed by atoms with van der Waals surface area (Å²) in [5.74, 6) is -0.492. The number of hydrogen-bond acceptors (Lipinski definition) is 4. The van der Waals surface area contributed by atoms with E-state index in [1.807, 2.05) is 13.8 Å². The molecule has 0 spiro atoms. The Bertz CT molecular complexity index is 819. The number of nitrogens with zero attached hydrogens (tertiary/aromatic N) is 3. The zero-order valence-electron chi connectivity index (χ0n) is 15.5. The molecule has 0 unspecified atom stereocenters. The highest BCUT2D eigenvalue weighted by atomic mass is 16.2. The molecule has 1 saturated carbocycles. The minimum atomic E-state index is -0.589. The highest BCUT2D eigenvalue weighted by Gasteiger charge is 2.18. The van der Waals surface area contributed by atoms with E-state index in [2.05, 4.69) is 15.3 Å². The monoisotopic (exact) mass is 357 g/mol. The first-order valence-corrected chi connectivity index (χ1v) is 9.39. The molecule has 0 saturated heterocycles. The van der Waals surface area contributed by atoms with Gasteiger partial charge in [-0.25, -0.2) is 9.97 Å². The number of carbonyl (C=O) groups is 2. The minimum absolute atomic E-state index is 0.0965. The molecule has 3 N–H and O–H groups in total. The first kappa shape index (κ1) is 18.4. The number of aryl methyl sites for hydroxylation is 2. The van der Waals surface area contributed by atoms with Crippen LogP contribution in [0.2, 0.25) is 0 Å². The number of nitrogens with two attached hydrogens (primary N) is 1. The predicted octanol–water partition coefficient (Wildman–Crippen LogP) is 2.22. The van der Waals surface area contributed by atoms with Crippen molar-refractivity contribution in [2.75, 3.05) is 0 Å². The van der Waals surface area contributed by atoms with Crippen molar-refractivity contribution in [3.05, 3.63) is 29.0 Å². The lowest BCUT2D eigenvalue weighted by molar-refractivity contribution is -0.121. The molecule has 0 radical (unpaired) electrons. The second kappa shape index (κ2) is 7.85. The highest BCUT2D eigenvalue weighted by molar-refractivity contribution is 5.96. The van der Waals surface area contributed by atoms with Crippen LogP contribution in [0.3, 0.4) is 0 Å². The first-order valence-electron chi connectivity index (χ1n) is 9.39.